The lowest BCUT2D eigenvalue weighted by Crippen LogP contribution is -2.45. The number of nitrogens with zero attached hydrogens (tertiary/aromatic N) is 4. The van der Waals surface area contributed by atoms with E-state index in [1.807, 2.05) is 24.3 Å². The van der Waals surface area contributed by atoms with Crippen molar-refractivity contribution in [2.24, 2.45) is 0 Å². The van der Waals surface area contributed by atoms with Gasteiger partial charge in [-0.05, 0) is 11.1 Å². The number of fused-ring (bicyclic) bond motifs is 2. The number of nitrogens with one attached hydrogen (secondary N) is 1. The smallest absolute Gasteiger partial charge is 0.252 e. The Morgan fingerprint density at radius 1 is 1.17 bits per heavy atom. The van der Waals surface area contributed by atoms with Crippen LogP contribution in [0.1, 0.15) is 23.4 Å². The molecule has 5 rings (SSSR count). The molecule has 3 aromatic rings. The molecule has 11 heteroatoms. The van der Waals surface area contributed by atoms with Crippen molar-refractivity contribution in [2.45, 2.75) is 43.1 Å². The van der Waals surface area contributed by atoms with E-state index in [0.29, 0.717) is 17.6 Å². The largest absolute Gasteiger partial charge is 0.390 e. The highest BCUT2D eigenvalue weighted by Gasteiger charge is 2.48. The third-order valence-electron chi connectivity index (χ3n) is 5.66. The van der Waals surface area contributed by atoms with Gasteiger partial charge in [0, 0.05) is 6.42 Å². The number of benzene rings is 1. The number of ether oxygens (including phenoxy) is 1. The van der Waals surface area contributed by atoms with Crippen LogP contribution in [0.25, 0.3) is 11.2 Å². The van der Waals surface area contributed by atoms with E-state index in [0.717, 1.165) is 11.1 Å². The molecule has 6 N–H and O–H groups in total. The standard InChI is InChI=1S/C19H20N6O5/c20-16-12-17(22-6-21-16)25(7-23-12)19-14(28)13(27)15(30-19)18(29)24-11-9-4-2-1-3-8(9)5-10(11)26/h1-4,6-7,10-11,13-15,19,26-28H,5H2,(H,24,29)(H2,20,21,22)/t10-,11+,13+,14-,15+,19-/m1/s1. The Morgan fingerprint density at radius 3 is 2.80 bits per heavy atom. The van der Waals surface area contributed by atoms with Crippen LogP contribution in [0.4, 0.5) is 5.82 Å². The van der Waals surface area contributed by atoms with Crippen molar-refractivity contribution in [2.75, 3.05) is 5.73 Å². The maximum absolute atomic E-state index is 12.9. The van der Waals surface area contributed by atoms with Crippen LogP contribution in [0.5, 0.6) is 0 Å². The van der Waals surface area contributed by atoms with Crippen LogP contribution in [0, 0.1) is 0 Å². The summed E-state index contributed by atoms with van der Waals surface area (Å²) < 4.78 is 7.10. The van der Waals surface area contributed by atoms with Crippen LogP contribution in [-0.4, -0.2) is 65.2 Å². The highest BCUT2D eigenvalue weighted by atomic mass is 16.6. The minimum Gasteiger partial charge on any atom is -0.390 e. The van der Waals surface area contributed by atoms with Gasteiger partial charge in [-0.25, -0.2) is 15.0 Å². The molecule has 0 saturated carbocycles. The number of hydrogen-bond acceptors (Lipinski definition) is 9. The van der Waals surface area contributed by atoms with E-state index in [-0.39, 0.29) is 5.82 Å². The number of aliphatic hydroxyl groups is 3. The molecular weight excluding hydrogens is 392 g/mol. The number of rotatable bonds is 3. The van der Waals surface area contributed by atoms with Gasteiger partial charge in [-0.15, -0.1) is 0 Å². The lowest BCUT2D eigenvalue weighted by Gasteiger charge is -2.21. The van der Waals surface area contributed by atoms with E-state index in [1.54, 1.807) is 0 Å². The second-order valence-electron chi connectivity index (χ2n) is 7.47. The van der Waals surface area contributed by atoms with Gasteiger partial charge < -0.3 is 31.1 Å². The van der Waals surface area contributed by atoms with Crippen molar-refractivity contribution in [3.63, 3.8) is 0 Å². The van der Waals surface area contributed by atoms with Crippen LogP contribution in [0.15, 0.2) is 36.9 Å². The minimum atomic E-state index is -1.49. The van der Waals surface area contributed by atoms with Gasteiger partial charge >= 0.3 is 0 Å². The number of amides is 1. The molecule has 2 aliphatic rings. The highest BCUT2D eigenvalue weighted by Crippen LogP contribution is 2.34. The Labute approximate surface area is 170 Å². The van der Waals surface area contributed by atoms with Crippen molar-refractivity contribution in [3.8, 4) is 0 Å². The predicted octanol–water partition coefficient (Wildman–Crippen LogP) is -1.20. The fourth-order valence-corrected chi connectivity index (χ4v) is 4.15. The molecule has 0 radical (unpaired) electrons. The molecule has 1 fully saturated rings. The summed E-state index contributed by atoms with van der Waals surface area (Å²) in [7, 11) is 0. The number of carbonyl (C=O) groups is 1. The first-order valence-electron chi connectivity index (χ1n) is 9.46. The number of aliphatic hydroxyl groups excluding tert-OH is 3. The summed E-state index contributed by atoms with van der Waals surface area (Å²) in [5, 5.41) is 34.1. The van der Waals surface area contributed by atoms with Crippen LogP contribution < -0.4 is 11.1 Å². The molecular formula is C19H20N6O5. The summed E-state index contributed by atoms with van der Waals surface area (Å²) in [6, 6.07) is 6.80. The Balaban J connectivity index is 1.38. The van der Waals surface area contributed by atoms with Gasteiger partial charge in [0.15, 0.2) is 23.8 Å². The Hall–Kier alpha value is -3.12. The fourth-order valence-electron chi connectivity index (χ4n) is 4.15. The van der Waals surface area contributed by atoms with Gasteiger partial charge in [0.05, 0.1) is 18.5 Å². The number of imidazole rings is 1. The van der Waals surface area contributed by atoms with Crippen molar-refractivity contribution in [3.05, 3.63) is 48.0 Å². The lowest BCUT2D eigenvalue weighted by atomic mass is 10.1. The number of carbonyl (C=O) groups excluding carboxylic acids is 1. The van der Waals surface area contributed by atoms with Crippen molar-refractivity contribution in [1.82, 2.24) is 24.8 Å². The zero-order chi connectivity index (χ0) is 21.0. The molecule has 3 heterocycles. The SMILES string of the molecule is Nc1ncnc2c1ncn2[C@@H]1O[C@H](C(=O)N[C@H]2c3ccccc3C[C@H]2O)[C@@H](O)[C@H]1O. The maximum Gasteiger partial charge on any atom is 0.252 e. The molecule has 11 nitrogen and oxygen atoms in total. The van der Waals surface area contributed by atoms with Gasteiger partial charge in [-0.2, -0.15) is 0 Å². The summed E-state index contributed by atoms with van der Waals surface area (Å²) in [4.78, 5) is 24.9. The average Bonchev–Trinajstić information content (AvgIpc) is 3.38. The van der Waals surface area contributed by atoms with E-state index in [9.17, 15) is 20.1 Å². The van der Waals surface area contributed by atoms with E-state index < -0.39 is 42.6 Å². The summed E-state index contributed by atoms with van der Waals surface area (Å²) in [6.07, 6.45) is -3.11. The lowest BCUT2D eigenvalue weighted by molar-refractivity contribution is -0.139. The summed E-state index contributed by atoms with van der Waals surface area (Å²) in [6.45, 7) is 0. The van der Waals surface area contributed by atoms with E-state index in [1.165, 1.54) is 17.2 Å². The minimum absolute atomic E-state index is 0.162. The molecule has 1 aromatic carbocycles. The van der Waals surface area contributed by atoms with E-state index in [2.05, 4.69) is 20.3 Å². The second kappa shape index (κ2) is 6.99. The Bertz CT molecular complexity index is 1120. The number of nitrogens with two attached hydrogens (primary N) is 1. The van der Waals surface area contributed by atoms with Gasteiger partial charge in [0.25, 0.3) is 5.91 Å². The summed E-state index contributed by atoms with van der Waals surface area (Å²) >= 11 is 0. The fraction of sp³-hybridized carbons (Fsp3) is 0.368. The molecule has 156 valence electrons. The Kier molecular flexibility index (Phi) is 4.40. The quantitative estimate of drug-likeness (QED) is 0.355. The molecule has 30 heavy (non-hydrogen) atoms. The van der Waals surface area contributed by atoms with E-state index in [4.69, 9.17) is 10.5 Å². The number of nitrogen functional groups attached to an aromatic ring is 1. The van der Waals surface area contributed by atoms with Crippen LogP contribution >= 0.6 is 0 Å². The third-order valence-corrected chi connectivity index (χ3v) is 5.66. The topological polar surface area (TPSA) is 169 Å². The zero-order valence-corrected chi connectivity index (χ0v) is 15.7. The van der Waals surface area contributed by atoms with Crippen molar-refractivity contribution >= 4 is 22.9 Å². The molecule has 6 atom stereocenters. The normalized spacial score (nSPS) is 30.5. The summed E-state index contributed by atoms with van der Waals surface area (Å²) in [5.41, 5.74) is 8.17. The number of aromatic nitrogens is 4. The van der Waals surface area contributed by atoms with Gasteiger partial charge in [-0.1, -0.05) is 24.3 Å². The first kappa shape index (κ1) is 18.9. The molecule has 0 spiro atoms. The maximum atomic E-state index is 12.9. The molecule has 1 amide bonds. The molecule has 0 bridgehead atoms. The third kappa shape index (κ3) is 2.82. The molecule has 1 saturated heterocycles. The van der Waals surface area contributed by atoms with Crippen LogP contribution in [-0.2, 0) is 16.0 Å². The van der Waals surface area contributed by atoms with Crippen LogP contribution in [0.2, 0.25) is 0 Å². The summed E-state index contributed by atoms with van der Waals surface area (Å²) in [5.74, 6) is -0.474. The van der Waals surface area contributed by atoms with Crippen molar-refractivity contribution in [1.29, 1.82) is 0 Å². The van der Waals surface area contributed by atoms with Gasteiger partial charge in [-0.3, -0.25) is 9.36 Å². The molecule has 2 aromatic heterocycles. The predicted molar refractivity (Wildman–Crippen MR) is 103 cm³/mol. The average molecular weight is 412 g/mol. The van der Waals surface area contributed by atoms with Gasteiger partial charge in [0.2, 0.25) is 0 Å². The zero-order valence-electron chi connectivity index (χ0n) is 15.7. The monoisotopic (exact) mass is 412 g/mol. The molecule has 1 aliphatic carbocycles. The first-order valence-corrected chi connectivity index (χ1v) is 9.46. The van der Waals surface area contributed by atoms with Gasteiger partial charge in [0.1, 0.15) is 24.1 Å². The van der Waals surface area contributed by atoms with Crippen molar-refractivity contribution < 1.29 is 24.9 Å². The van der Waals surface area contributed by atoms with Crippen LogP contribution in [0.3, 0.4) is 0 Å². The highest BCUT2D eigenvalue weighted by molar-refractivity contribution is 5.83. The number of anilines is 1. The Morgan fingerprint density at radius 2 is 1.97 bits per heavy atom. The molecule has 1 aliphatic heterocycles. The second-order valence-corrected chi connectivity index (χ2v) is 7.47. The van der Waals surface area contributed by atoms with E-state index >= 15 is 0 Å². The number of hydrogen-bond donors (Lipinski definition) is 5. The first-order chi connectivity index (χ1) is 14.5. The molecule has 0 unspecified atom stereocenters.